The molecule has 0 fully saturated rings. The molecule has 0 aliphatic heterocycles. The van der Waals surface area contributed by atoms with Crippen molar-refractivity contribution >= 4 is 122 Å². The largest absolute Gasteiger partial charge is 0.456 e. The minimum absolute atomic E-state index is 0.835. The van der Waals surface area contributed by atoms with E-state index in [4.69, 9.17) is 17.7 Å². The van der Waals surface area contributed by atoms with Crippen LogP contribution in [0.5, 0.6) is 0 Å². The van der Waals surface area contributed by atoms with Crippen LogP contribution in [-0.4, -0.2) is 0 Å². The van der Waals surface area contributed by atoms with E-state index in [-0.39, 0.29) is 0 Å². The van der Waals surface area contributed by atoms with Gasteiger partial charge < -0.3 is 27.5 Å². The van der Waals surface area contributed by atoms with Crippen molar-refractivity contribution in [3.05, 3.63) is 291 Å². The molecule has 0 atom stereocenters. The average molecular weight is 1080 g/mol. The van der Waals surface area contributed by atoms with Gasteiger partial charge in [-0.25, -0.2) is 0 Å². The monoisotopic (exact) mass is 1080 g/mol. The van der Waals surface area contributed by atoms with Gasteiger partial charge >= 0.3 is 0 Å². The highest BCUT2D eigenvalue weighted by Crippen LogP contribution is 2.45. The second kappa shape index (κ2) is 19.2. The number of hydrogen-bond acceptors (Lipinski definition) is 6. The summed E-state index contributed by atoms with van der Waals surface area (Å²) in [6.07, 6.45) is 0. The van der Waals surface area contributed by atoms with Crippen LogP contribution < -0.4 is 9.80 Å². The van der Waals surface area contributed by atoms with E-state index in [2.05, 4.69) is 252 Å². The molecule has 0 N–H and O–H groups in total. The van der Waals surface area contributed by atoms with Crippen LogP contribution in [0.25, 0.3) is 132 Å². The van der Waals surface area contributed by atoms with E-state index in [1.54, 1.807) is 0 Å². The Labute approximate surface area is 482 Å². The van der Waals surface area contributed by atoms with Gasteiger partial charge in [0.15, 0.2) is 5.58 Å². The van der Waals surface area contributed by atoms with E-state index in [9.17, 15) is 0 Å². The van der Waals surface area contributed by atoms with Gasteiger partial charge in [0.05, 0.1) is 5.69 Å². The van der Waals surface area contributed by atoms with E-state index in [1.165, 1.54) is 0 Å². The van der Waals surface area contributed by atoms with Crippen LogP contribution in [0.2, 0.25) is 0 Å². The molecule has 0 amide bonds. The predicted molar refractivity (Wildman–Crippen MR) is 347 cm³/mol. The molecule has 17 aromatic rings. The van der Waals surface area contributed by atoms with Crippen LogP contribution >= 0.6 is 0 Å². The summed E-state index contributed by atoms with van der Waals surface area (Å²) >= 11 is 0. The van der Waals surface area contributed by atoms with Gasteiger partial charge in [-0.05, 0) is 154 Å². The molecule has 6 nitrogen and oxygen atoms in total. The van der Waals surface area contributed by atoms with Gasteiger partial charge in [0, 0.05) is 77.1 Å². The molecule has 0 saturated heterocycles. The van der Waals surface area contributed by atoms with Crippen LogP contribution in [-0.2, 0) is 0 Å². The maximum atomic E-state index is 6.70. The standard InChI is InChI=1S/C78H48N2O4/c1-7-21-73-62(11-1)66-16-9-15-61(77(66)83-73)53-31-43-58(44-32-53)79(57-37-27-51(28-38-57)54-33-45-75-68(47-54)64-13-3-5-19-71(64)81-75)56-35-23-49(24-36-56)50-25-39-59(40-26-50)80(70-18-10-17-67-63-12-2-8-22-74(63)84-78(67)70)60-41-29-52(30-42-60)55-34-46-76-69(48-55)65-14-4-6-20-72(65)82-76/h1-48H. The fourth-order valence-electron chi connectivity index (χ4n) is 12.6. The molecule has 6 heteroatoms. The summed E-state index contributed by atoms with van der Waals surface area (Å²) in [5.74, 6) is 0. The lowest BCUT2D eigenvalue weighted by Gasteiger charge is -2.26. The first-order valence-corrected chi connectivity index (χ1v) is 28.4. The number of anilines is 6. The minimum Gasteiger partial charge on any atom is -0.456 e. The van der Waals surface area contributed by atoms with Crippen LogP contribution in [0.1, 0.15) is 0 Å². The van der Waals surface area contributed by atoms with Crippen molar-refractivity contribution in [2.24, 2.45) is 0 Å². The molecule has 4 aromatic heterocycles. The minimum atomic E-state index is 0.835. The molecule has 0 aliphatic rings. The van der Waals surface area contributed by atoms with Crippen molar-refractivity contribution in [1.82, 2.24) is 0 Å². The van der Waals surface area contributed by atoms with Crippen molar-refractivity contribution in [1.29, 1.82) is 0 Å². The molecular weight excluding hydrogens is 1030 g/mol. The molecule has 84 heavy (non-hydrogen) atoms. The third-order valence-corrected chi connectivity index (χ3v) is 16.7. The number of hydrogen-bond donors (Lipinski definition) is 0. The lowest BCUT2D eigenvalue weighted by atomic mass is 10.0. The van der Waals surface area contributed by atoms with E-state index < -0.39 is 0 Å². The van der Waals surface area contributed by atoms with E-state index in [0.717, 1.165) is 166 Å². The Kier molecular flexibility index (Phi) is 10.8. The van der Waals surface area contributed by atoms with Crippen molar-refractivity contribution in [2.75, 3.05) is 9.80 Å². The summed E-state index contributed by atoms with van der Waals surface area (Å²) in [7, 11) is 0. The SMILES string of the molecule is c1ccc2c(c1)oc1ccc(-c3ccc(N(c4ccc(-c5ccc(N(c6ccc(-c7ccc8oc9ccccc9c8c7)cc6)c6cccc7c6oc6ccccc67)cc5)cc4)c4ccc(-c5cccc6c5oc5ccccc56)cc4)cc3)cc12. The second-order valence-electron chi connectivity index (χ2n) is 21.6. The van der Waals surface area contributed by atoms with Gasteiger partial charge in [0.1, 0.15) is 39.1 Å². The molecule has 0 spiro atoms. The number of benzene rings is 13. The van der Waals surface area contributed by atoms with E-state index in [1.807, 2.05) is 48.5 Å². The molecule has 4 heterocycles. The smallest absolute Gasteiger partial charge is 0.159 e. The van der Waals surface area contributed by atoms with Crippen molar-refractivity contribution in [2.45, 2.75) is 0 Å². The van der Waals surface area contributed by atoms with Crippen molar-refractivity contribution < 1.29 is 17.7 Å². The molecule has 0 saturated carbocycles. The Balaban J connectivity index is 0.720. The quantitative estimate of drug-likeness (QED) is 0.136. The molecule has 394 valence electrons. The molecule has 0 bridgehead atoms. The van der Waals surface area contributed by atoms with Gasteiger partial charge in [0.25, 0.3) is 0 Å². The maximum Gasteiger partial charge on any atom is 0.159 e. The summed E-state index contributed by atoms with van der Waals surface area (Å²) < 4.78 is 25.5. The molecular formula is C78H48N2O4. The summed E-state index contributed by atoms with van der Waals surface area (Å²) in [6, 6.07) is 103. The lowest BCUT2D eigenvalue weighted by molar-refractivity contribution is 0.668. The first-order chi connectivity index (χ1) is 41.6. The van der Waals surface area contributed by atoms with Crippen molar-refractivity contribution in [3.63, 3.8) is 0 Å². The summed E-state index contributed by atoms with van der Waals surface area (Å²) in [5.41, 5.74) is 22.0. The Bertz CT molecular complexity index is 5360. The van der Waals surface area contributed by atoms with Gasteiger partial charge in [-0.15, -0.1) is 0 Å². The fraction of sp³-hybridized carbons (Fsp3) is 0. The molecule has 17 rings (SSSR count). The first kappa shape index (κ1) is 47.5. The number of nitrogens with zero attached hydrogens (tertiary/aromatic N) is 2. The molecule has 0 aliphatic carbocycles. The zero-order chi connectivity index (χ0) is 55.2. The topological polar surface area (TPSA) is 59.0 Å². The first-order valence-electron chi connectivity index (χ1n) is 28.4. The highest BCUT2D eigenvalue weighted by molar-refractivity contribution is 6.12. The predicted octanol–water partition coefficient (Wildman–Crippen LogP) is 22.9. The number of furan rings is 4. The summed E-state index contributed by atoms with van der Waals surface area (Å²) in [5, 5.41) is 8.85. The van der Waals surface area contributed by atoms with Gasteiger partial charge in [-0.2, -0.15) is 0 Å². The number of fused-ring (bicyclic) bond motifs is 12. The third kappa shape index (κ3) is 7.88. The van der Waals surface area contributed by atoms with Gasteiger partial charge in [0.2, 0.25) is 0 Å². The Hall–Kier alpha value is -11.3. The van der Waals surface area contributed by atoms with Crippen LogP contribution in [0.3, 0.4) is 0 Å². The Morgan fingerprint density at radius 2 is 0.500 bits per heavy atom. The maximum absolute atomic E-state index is 6.70. The third-order valence-electron chi connectivity index (χ3n) is 16.7. The average Bonchev–Trinajstić information content (AvgIpc) is 4.13. The lowest BCUT2D eigenvalue weighted by Crippen LogP contribution is -2.10. The number of rotatable bonds is 10. The highest BCUT2D eigenvalue weighted by Gasteiger charge is 2.22. The fourth-order valence-corrected chi connectivity index (χ4v) is 12.6. The van der Waals surface area contributed by atoms with Crippen LogP contribution in [0, 0.1) is 0 Å². The highest BCUT2D eigenvalue weighted by atomic mass is 16.3. The summed E-state index contributed by atoms with van der Waals surface area (Å²) in [6.45, 7) is 0. The van der Waals surface area contributed by atoms with Crippen LogP contribution in [0.4, 0.5) is 34.1 Å². The molecule has 13 aromatic carbocycles. The van der Waals surface area contributed by atoms with E-state index in [0.29, 0.717) is 0 Å². The van der Waals surface area contributed by atoms with Crippen molar-refractivity contribution in [3.8, 4) is 44.5 Å². The molecule has 0 unspecified atom stereocenters. The van der Waals surface area contributed by atoms with Gasteiger partial charge in [-0.1, -0.05) is 176 Å². The second-order valence-corrected chi connectivity index (χ2v) is 21.6. The normalized spacial score (nSPS) is 11.8. The van der Waals surface area contributed by atoms with E-state index >= 15 is 0 Å². The van der Waals surface area contributed by atoms with Gasteiger partial charge in [-0.3, -0.25) is 0 Å². The Morgan fingerprint density at radius 1 is 0.190 bits per heavy atom. The Morgan fingerprint density at radius 3 is 0.952 bits per heavy atom. The molecule has 0 radical (unpaired) electrons. The zero-order valence-electron chi connectivity index (χ0n) is 45.2. The summed E-state index contributed by atoms with van der Waals surface area (Å²) in [4.78, 5) is 4.63. The zero-order valence-corrected chi connectivity index (χ0v) is 45.2. The van der Waals surface area contributed by atoms with Crippen LogP contribution in [0.15, 0.2) is 309 Å². The number of para-hydroxylation sites is 6.